The molecule has 0 spiro atoms. The summed E-state index contributed by atoms with van der Waals surface area (Å²) in [5.74, 6) is -0.651. The van der Waals surface area contributed by atoms with Crippen molar-refractivity contribution in [1.82, 2.24) is 9.88 Å². The summed E-state index contributed by atoms with van der Waals surface area (Å²) in [5, 5.41) is 0.271. The van der Waals surface area contributed by atoms with Gasteiger partial charge < -0.3 is 4.90 Å². The number of pyridine rings is 1. The molecule has 1 heterocycles. The van der Waals surface area contributed by atoms with Gasteiger partial charge in [-0.05, 0) is 23.8 Å². The van der Waals surface area contributed by atoms with Crippen LogP contribution in [-0.2, 0) is 17.8 Å². The molecule has 1 amide bonds. The monoisotopic (exact) mass is 292 g/mol. The summed E-state index contributed by atoms with van der Waals surface area (Å²) in [5.41, 5.74) is 1.15. The zero-order chi connectivity index (χ0) is 14.5. The number of carbonyl (C=O) groups excluding carboxylic acids is 1. The highest BCUT2D eigenvalue weighted by Gasteiger charge is 2.15. The lowest BCUT2D eigenvalue weighted by Gasteiger charge is -2.17. The van der Waals surface area contributed by atoms with Crippen molar-refractivity contribution in [2.24, 2.45) is 0 Å². The summed E-state index contributed by atoms with van der Waals surface area (Å²) in [6.45, 7) is 0.429. The van der Waals surface area contributed by atoms with Crippen LogP contribution in [0.2, 0.25) is 5.02 Å². The highest BCUT2D eigenvalue weighted by molar-refractivity contribution is 6.31. The van der Waals surface area contributed by atoms with Gasteiger partial charge in [0.1, 0.15) is 5.82 Å². The number of halogens is 2. The first kappa shape index (κ1) is 14.5. The molecule has 0 saturated carbocycles. The first-order valence-corrected chi connectivity index (χ1v) is 6.51. The van der Waals surface area contributed by atoms with Crippen molar-refractivity contribution in [2.45, 2.75) is 13.0 Å². The van der Waals surface area contributed by atoms with Crippen LogP contribution in [0.15, 0.2) is 42.7 Å². The van der Waals surface area contributed by atoms with Gasteiger partial charge in [-0.15, -0.1) is 0 Å². The zero-order valence-electron chi connectivity index (χ0n) is 11.0. The third kappa shape index (κ3) is 3.54. The maximum atomic E-state index is 13.6. The van der Waals surface area contributed by atoms with Crippen molar-refractivity contribution < 1.29 is 9.18 Å². The Morgan fingerprint density at radius 1 is 1.35 bits per heavy atom. The first-order valence-electron chi connectivity index (χ1n) is 6.13. The topological polar surface area (TPSA) is 33.2 Å². The molecule has 0 aliphatic rings. The zero-order valence-corrected chi connectivity index (χ0v) is 11.8. The van der Waals surface area contributed by atoms with Gasteiger partial charge in [0.05, 0.1) is 6.42 Å². The van der Waals surface area contributed by atoms with Crippen molar-refractivity contribution in [3.63, 3.8) is 0 Å². The van der Waals surface area contributed by atoms with Crippen molar-refractivity contribution in [2.75, 3.05) is 7.05 Å². The predicted octanol–water partition coefficient (Wildman–Crippen LogP) is 3.08. The summed E-state index contributed by atoms with van der Waals surface area (Å²) >= 11 is 5.92. The summed E-state index contributed by atoms with van der Waals surface area (Å²) in [6, 6.07) is 8.09. The normalized spacial score (nSPS) is 10.3. The van der Waals surface area contributed by atoms with E-state index in [-0.39, 0.29) is 22.9 Å². The van der Waals surface area contributed by atoms with Crippen LogP contribution in [0.1, 0.15) is 11.1 Å². The van der Waals surface area contributed by atoms with E-state index in [2.05, 4.69) is 4.98 Å². The second-order valence-electron chi connectivity index (χ2n) is 4.49. The summed E-state index contributed by atoms with van der Waals surface area (Å²) in [6.07, 6.45) is 3.31. The van der Waals surface area contributed by atoms with Crippen LogP contribution < -0.4 is 0 Å². The van der Waals surface area contributed by atoms with Crippen molar-refractivity contribution >= 4 is 17.5 Å². The molecular formula is C15H14ClFN2O. The maximum Gasteiger partial charge on any atom is 0.227 e. The fraction of sp³-hybridized carbons (Fsp3) is 0.200. The van der Waals surface area contributed by atoms with Crippen molar-refractivity contribution in [3.8, 4) is 0 Å². The number of hydrogen-bond donors (Lipinski definition) is 0. The van der Waals surface area contributed by atoms with Gasteiger partial charge in [-0.2, -0.15) is 0 Å². The van der Waals surface area contributed by atoms with Crippen LogP contribution >= 0.6 is 11.6 Å². The Morgan fingerprint density at radius 3 is 2.80 bits per heavy atom. The number of hydrogen-bond acceptors (Lipinski definition) is 2. The third-order valence-corrected chi connectivity index (χ3v) is 3.31. The number of carbonyl (C=O) groups is 1. The van der Waals surface area contributed by atoms with E-state index >= 15 is 0 Å². The molecule has 20 heavy (non-hydrogen) atoms. The lowest BCUT2D eigenvalue weighted by atomic mass is 10.1. The largest absolute Gasteiger partial charge is 0.341 e. The molecule has 0 atom stereocenters. The molecule has 0 bridgehead atoms. The van der Waals surface area contributed by atoms with E-state index in [4.69, 9.17) is 11.6 Å². The van der Waals surface area contributed by atoms with Gasteiger partial charge in [0.15, 0.2) is 0 Å². The molecule has 0 radical (unpaired) electrons. The van der Waals surface area contributed by atoms with Crippen LogP contribution in [0.4, 0.5) is 4.39 Å². The highest BCUT2D eigenvalue weighted by atomic mass is 35.5. The highest BCUT2D eigenvalue weighted by Crippen LogP contribution is 2.20. The molecule has 3 nitrogen and oxygen atoms in total. The van der Waals surface area contributed by atoms with Crippen LogP contribution in [0.3, 0.4) is 0 Å². The smallest absolute Gasteiger partial charge is 0.227 e. The van der Waals surface area contributed by atoms with Gasteiger partial charge in [0, 0.05) is 36.6 Å². The van der Waals surface area contributed by atoms with Crippen LogP contribution in [-0.4, -0.2) is 22.8 Å². The van der Waals surface area contributed by atoms with E-state index in [1.807, 2.05) is 6.07 Å². The Labute approximate surface area is 122 Å². The Hall–Kier alpha value is -1.94. The second kappa shape index (κ2) is 6.48. The molecule has 0 aliphatic heterocycles. The molecule has 0 fully saturated rings. The van der Waals surface area contributed by atoms with E-state index in [1.54, 1.807) is 31.6 Å². The van der Waals surface area contributed by atoms with Crippen LogP contribution in [0.5, 0.6) is 0 Å². The Kier molecular flexibility index (Phi) is 4.69. The molecule has 1 aromatic heterocycles. The van der Waals surface area contributed by atoms with Crippen molar-refractivity contribution in [3.05, 3.63) is 64.7 Å². The summed E-state index contributed by atoms with van der Waals surface area (Å²) in [4.78, 5) is 17.6. The number of aromatic nitrogens is 1. The number of rotatable bonds is 4. The lowest BCUT2D eigenvalue weighted by molar-refractivity contribution is -0.129. The number of amides is 1. The van der Waals surface area contributed by atoms with E-state index in [0.717, 1.165) is 5.56 Å². The van der Waals surface area contributed by atoms with Gasteiger partial charge in [0.2, 0.25) is 5.91 Å². The van der Waals surface area contributed by atoms with Crippen molar-refractivity contribution in [1.29, 1.82) is 0 Å². The molecular weight excluding hydrogens is 279 g/mol. The molecule has 0 aliphatic carbocycles. The minimum absolute atomic E-state index is 0.0533. The molecule has 5 heteroatoms. The summed E-state index contributed by atoms with van der Waals surface area (Å²) in [7, 11) is 1.67. The van der Waals surface area contributed by atoms with Gasteiger partial charge >= 0.3 is 0 Å². The predicted molar refractivity (Wildman–Crippen MR) is 75.8 cm³/mol. The van der Waals surface area contributed by atoms with Crippen LogP contribution in [0.25, 0.3) is 0 Å². The minimum atomic E-state index is -0.458. The van der Waals surface area contributed by atoms with E-state index in [9.17, 15) is 9.18 Å². The lowest BCUT2D eigenvalue weighted by Crippen LogP contribution is -2.28. The van der Waals surface area contributed by atoms with Crippen LogP contribution in [0, 0.1) is 5.82 Å². The minimum Gasteiger partial charge on any atom is -0.341 e. The molecule has 104 valence electrons. The van der Waals surface area contributed by atoms with E-state index in [1.165, 1.54) is 17.0 Å². The molecule has 0 saturated heterocycles. The Balaban J connectivity index is 2.05. The van der Waals surface area contributed by atoms with Gasteiger partial charge in [-0.25, -0.2) is 4.39 Å². The Bertz CT molecular complexity index is 584. The average Bonchev–Trinajstić information content (AvgIpc) is 2.44. The molecule has 1 aromatic carbocycles. The quantitative estimate of drug-likeness (QED) is 0.868. The maximum absolute atomic E-state index is 13.6. The average molecular weight is 293 g/mol. The molecule has 0 N–H and O–H groups in total. The second-order valence-corrected chi connectivity index (χ2v) is 4.90. The fourth-order valence-electron chi connectivity index (χ4n) is 1.84. The van der Waals surface area contributed by atoms with Gasteiger partial charge in [-0.1, -0.05) is 23.7 Å². The first-order chi connectivity index (χ1) is 9.58. The number of nitrogens with zero attached hydrogens (tertiary/aromatic N) is 2. The molecule has 2 aromatic rings. The van der Waals surface area contributed by atoms with Gasteiger partial charge in [-0.3, -0.25) is 9.78 Å². The third-order valence-electron chi connectivity index (χ3n) is 2.96. The van der Waals surface area contributed by atoms with E-state index < -0.39 is 5.82 Å². The Morgan fingerprint density at radius 2 is 2.15 bits per heavy atom. The molecule has 2 rings (SSSR count). The standard InChI is InChI=1S/C15H14ClFN2O/c1-19(10-11-4-3-7-18-9-11)15(20)8-12-13(16)5-2-6-14(12)17/h2-7,9H,8,10H2,1H3. The van der Waals surface area contributed by atoms with E-state index in [0.29, 0.717) is 6.54 Å². The fourth-order valence-corrected chi connectivity index (χ4v) is 2.07. The number of benzene rings is 1. The summed E-state index contributed by atoms with van der Waals surface area (Å²) < 4.78 is 13.6. The number of likely N-dealkylation sites (N-methyl/N-ethyl adjacent to an activating group) is 1. The molecule has 0 unspecified atom stereocenters. The SMILES string of the molecule is CN(Cc1cccnc1)C(=O)Cc1c(F)cccc1Cl. The van der Waals surface area contributed by atoms with Gasteiger partial charge in [0.25, 0.3) is 0 Å².